The van der Waals surface area contributed by atoms with Crippen molar-refractivity contribution >= 4 is 28.2 Å². The second-order valence-electron chi connectivity index (χ2n) is 6.40. The van der Waals surface area contributed by atoms with E-state index in [9.17, 15) is 13.1 Å². The van der Waals surface area contributed by atoms with E-state index in [4.69, 9.17) is 23.4 Å². The standard InChI is InChI=1S/C16H23FN2O2S.FHO3S/c1-19(8-7-17)10-14(9-15(19)16(18)20)22-11-12-3-5-13(21-2)6-4-12;1-5(2,3)4/h3-6,14-15H,7-11H2,1-2H3,(H-,18,20);(H,2,3,4)/t14-,15-,19?;/m0./s1. The van der Waals surface area contributed by atoms with Gasteiger partial charge in [0.05, 0.1) is 26.0 Å². The summed E-state index contributed by atoms with van der Waals surface area (Å²) in [6, 6.07) is 7.70. The molecular weight excluding hydrogens is 402 g/mol. The first-order chi connectivity index (χ1) is 12.5. The molecule has 1 amide bonds. The molecule has 1 aromatic carbocycles. The number of nitrogens with zero attached hydrogens (tertiary/aromatic N) is 1. The average Bonchev–Trinajstić information content (AvgIpc) is 2.89. The number of amides is 1. The lowest BCUT2D eigenvalue weighted by atomic mass is 10.2. The number of primary amides is 1. The van der Waals surface area contributed by atoms with Gasteiger partial charge in [0.25, 0.3) is 16.4 Å². The monoisotopic (exact) mass is 426 g/mol. The number of benzene rings is 1. The molecule has 11 heteroatoms. The summed E-state index contributed by atoms with van der Waals surface area (Å²) in [7, 11) is -1.83. The number of hydrogen-bond donors (Lipinski definition) is 1. The van der Waals surface area contributed by atoms with Gasteiger partial charge in [-0.1, -0.05) is 12.1 Å². The van der Waals surface area contributed by atoms with Crippen molar-refractivity contribution in [2.45, 2.75) is 23.5 Å². The van der Waals surface area contributed by atoms with Gasteiger partial charge in [0.2, 0.25) is 0 Å². The lowest BCUT2D eigenvalue weighted by molar-refractivity contribution is -0.911. The highest BCUT2D eigenvalue weighted by atomic mass is 32.3. The van der Waals surface area contributed by atoms with Crippen LogP contribution in [0.2, 0.25) is 0 Å². The Hall–Kier alpha value is -1.43. The molecular formula is C16H24F2N2O5S2. The molecule has 1 aromatic rings. The highest BCUT2D eigenvalue weighted by Crippen LogP contribution is 2.34. The number of likely N-dealkylation sites (N-methyl/N-ethyl adjacent to an activating group) is 1. The van der Waals surface area contributed by atoms with Gasteiger partial charge in [0.1, 0.15) is 19.0 Å². The van der Waals surface area contributed by atoms with Crippen LogP contribution in [0, 0.1) is 0 Å². The first-order valence-electron chi connectivity index (χ1n) is 8.08. The Morgan fingerprint density at radius 3 is 2.41 bits per heavy atom. The van der Waals surface area contributed by atoms with Crippen molar-refractivity contribution in [1.82, 2.24) is 0 Å². The fourth-order valence-corrected chi connectivity index (χ4v) is 4.48. The van der Waals surface area contributed by atoms with Gasteiger partial charge < -0.3 is 19.5 Å². The van der Waals surface area contributed by atoms with Crippen molar-refractivity contribution in [1.29, 1.82) is 0 Å². The first-order valence-corrected chi connectivity index (χ1v) is 10.4. The number of ether oxygens (including phenoxy) is 1. The molecule has 1 fully saturated rings. The summed E-state index contributed by atoms with van der Waals surface area (Å²) in [4.78, 5) is 11.6. The third kappa shape index (κ3) is 8.41. The van der Waals surface area contributed by atoms with Crippen LogP contribution < -0.4 is 10.5 Å². The highest BCUT2D eigenvalue weighted by molar-refractivity contribution is 7.99. The number of halogens is 2. The molecule has 1 saturated heterocycles. The molecule has 27 heavy (non-hydrogen) atoms. The lowest BCUT2D eigenvalue weighted by Gasteiger charge is -2.33. The third-order valence-electron chi connectivity index (χ3n) is 4.43. The maximum atomic E-state index is 12.8. The largest absolute Gasteiger partial charge is 0.722 e. The molecule has 0 radical (unpaired) electrons. The van der Waals surface area contributed by atoms with E-state index >= 15 is 0 Å². The quantitative estimate of drug-likeness (QED) is 0.401. The Labute approximate surface area is 162 Å². The van der Waals surface area contributed by atoms with Crippen LogP contribution >= 0.6 is 11.8 Å². The van der Waals surface area contributed by atoms with Gasteiger partial charge in [-0.3, -0.25) is 4.79 Å². The molecule has 0 spiro atoms. The molecule has 2 rings (SSSR count). The van der Waals surface area contributed by atoms with Crippen LogP contribution in [0.1, 0.15) is 12.0 Å². The molecule has 0 aliphatic carbocycles. The van der Waals surface area contributed by atoms with Gasteiger partial charge in [0.15, 0.2) is 6.04 Å². The summed E-state index contributed by atoms with van der Waals surface area (Å²) in [5.41, 5.74) is 6.72. The van der Waals surface area contributed by atoms with E-state index in [0.717, 1.165) is 24.5 Å². The molecule has 0 aromatic heterocycles. The van der Waals surface area contributed by atoms with E-state index in [2.05, 4.69) is 0 Å². The van der Waals surface area contributed by atoms with E-state index < -0.39 is 17.2 Å². The maximum Gasteiger partial charge on any atom is 0.275 e. The second-order valence-corrected chi connectivity index (χ2v) is 8.48. The summed E-state index contributed by atoms with van der Waals surface area (Å²) in [6.07, 6.45) is 0.729. The minimum Gasteiger partial charge on any atom is -0.722 e. The van der Waals surface area contributed by atoms with Crippen molar-refractivity contribution in [3.63, 3.8) is 0 Å². The Kier molecular flexibility index (Phi) is 8.92. The minimum atomic E-state index is -5.42. The summed E-state index contributed by atoms with van der Waals surface area (Å²) >= 11 is 1.81. The molecule has 154 valence electrons. The van der Waals surface area contributed by atoms with Crippen molar-refractivity contribution in [2.24, 2.45) is 5.73 Å². The Morgan fingerprint density at radius 1 is 1.41 bits per heavy atom. The highest BCUT2D eigenvalue weighted by Gasteiger charge is 2.46. The molecule has 1 aliphatic heterocycles. The number of quaternary nitrogens is 1. The second kappa shape index (κ2) is 10.2. The molecule has 2 N–H and O–H groups in total. The van der Waals surface area contributed by atoms with Crippen molar-refractivity contribution in [3.8, 4) is 5.75 Å². The van der Waals surface area contributed by atoms with E-state index in [-0.39, 0.29) is 11.9 Å². The summed E-state index contributed by atoms with van der Waals surface area (Å²) in [6.45, 7) is 0.724. The van der Waals surface area contributed by atoms with Crippen LogP contribution in [0.5, 0.6) is 5.75 Å². The van der Waals surface area contributed by atoms with Crippen LogP contribution in [0.4, 0.5) is 8.28 Å². The fraction of sp³-hybridized carbons (Fsp3) is 0.562. The summed E-state index contributed by atoms with van der Waals surface area (Å²) in [5.74, 6) is 1.40. The molecule has 1 unspecified atom stereocenters. The Balaban J connectivity index is 0.000000646. The van der Waals surface area contributed by atoms with Crippen molar-refractivity contribution < 1.29 is 35.3 Å². The molecule has 1 aliphatic rings. The number of rotatable bonds is 7. The zero-order valence-corrected chi connectivity index (χ0v) is 16.8. The van der Waals surface area contributed by atoms with Gasteiger partial charge in [-0.2, -0.15) is 0 Å². The molecule has 0 bridgehead atoms. The van der Waals surface area contributed by atoms with Gasteiger partial charge in [-0.15, -0.1) is 15.6 Å². The van der Waals surface area contributed by atoms with Crippen LogP contribution in [0.25, 0.3) is 0 Å². The van der Waals surface area contributed by atoms with E-state index in [1.807, 2.05) is 43.1 Å². The predicted octanol–water partition coefficient (Wildman–Crippen LogP) is 1.39. The Morgan fingerprint density at radius 2 is 1.96 bits per heavy atom. The predicted molar refractivity (Wildman–Crippen MR) is 98.4 cm³/mol. The van der Waals surface area contributed by atoms with E-state index in [0.29, 0.717) is 16.3 Å². The molecule has 3 atom stereocenters. The smallest absolute Gasteiger partial charge is 0.275 e. The normalized spacial score (nSPS) is 24.8. The average molecular weight is 427 g/mol. The summed E-state index contributed by atoms with van der Waals surface area (Å²) in [5, 5.41) is 0.330. The number of methoxy groups -OCH3 is 1. The van der Waals surface area contributed by atoms with Gasteiger partial charge >= 0.3 is 0 Å². The SMILES string of the molecule is COc1ccc(CS[C@H]2C[C@@H](C(N)=O)[N+](C)(CCF)C2)cc1.O=S(=O)([O-])F. The summed E-state index contributed by atoms with van der Waals surface area (Å²) < 4.78 is 53.7. The number of carbonyl (C=O) groups excluding carboxylic acids is 1. The van der Waals surface area contributed by atoms with Crippen molar-refractivity contribution in [2.75, 3.05) is 33.9 Å². The van der Waals surface area contributed by atoms with Crippen LogP contribution in [-0.4, -0.2) is 68.6 Å². The maximum absolute atomic E-state index is 12.8. The van der Waals surface area contributed by atoms with Gasteiger partial charge in [-0.25, -0.2) is 12.8 Å². The zero-order valence-electron chi connectivity index (χ0n) is 15.1. The molecule has 0 saturated carbocycles. The number of likely N-dealkylation sites (tertiary alicyclic amines) is 1. The van der Waals surface area contributed by atoms with E-state index in [1.54, 1.807) is 7.11 Å². The number of nitrogens with two attached hydrogens (primary N) is 1. The Bertz CT molecular complexity index is 710. The molecule has 1 heterocycles. The third-order valence-corrected chi connectivity index (χ3v) is 5.74. The fourth-order valence-electron chi connectivity index (χ4n) is 3.09. The van der Waals surface area contributed by atoms with Gasteiger partial charge in [-0.05, 0) is 17.7 Å². The van der Waals surface area contributed by atoms with Crippen molar-refractivity contribution in [3.05, 3.63) is 29.8 Å². The number of thioether (sulfide) groups is 1. The topological polar surface area (TPSA) is 110 Å². The zero-order chi connectivity index (χ0) is 20.7. The lowest BCUT2D eigenvalue weighted by Crippen LogP contribution is -2.55. The minimum absolute atomic E-state index is 0.274. The van der Waals surface area contributed by atoms with E-state index in [1.165, 1.54) is 5.56 Å². The number of hydrogen-bond acceptors (Lipinski definition) is 6. The molecule has 7 nitrogen and oxygen atoms in total. The van der Waals surface area contributed by atoms with Crippen LogP contribution in [-0.2, 0) is 21.1 Å². The number of carbonyl (C=O) groups is 1. The first kappa shape index (κ1) is 23.6. The number of alkyl halides is 1. The van der Waals surface area contributed by atoms with Gasteiger partial charge in [0, 0.05) is 12.2 Å². The van der Waals surface area contributed by atoms with Crippen LogP contribution in [0.15, 0.2) is 24.3 Å². The van der Waals surface area contributed by atoms with Crippen LogP contribution in [0.3, 0.4) is 0 Å².